The Bertz CT molecular complexity index is 1150. The van der Waals surface area contributed by atoms with Gasteiger partial charge in [0.1, 0.15) is 17.7 Å². The smallest absolute Gasteiger partial charge is 0.253 e. The van der Waals surface area contributed by atoms with Crippen molar-refractivity contribution in [1.82, 2.24) is 9.88 Å². The minimum Gasteiger partial charge on any atom is -0.368 e. The lowest BCUT2D eigenvalue weighted by atomic mass is 10.0. The van der Waals surface area contributed by atoms with Gasteiger partial charge in [-0.3, -0.25) is 9.78 Å². The molecule has 5 nitrogen and oxygen atoms in total. The number of fused-ring (bicyclic) bond motifs is 1. The van der Waals surface area contributed by atoms with Crippen molar-refractivity contribution in [2.75, 3.05) is 31.1 Å². The fourth-order valence-corrected chi connectivity index (χ4v) is 3.96. The van der Waals surface area contributed by atoms with E-state index in [-0.39, 0.29) is 17.5 Å². The highest BCUT2D eigenvalue weighted by molar-refractivity contribution is 5.96. The number of hydrogen-bond acceptors (Lipinski definition) is 4. The van der Waals surface area contributed by atoms with Gasteiger partial charge in [0.05, 0.1) is 16.8 Å². The second-order valence-electron chi connectivity index (χ2n) is 7.39. The van der Waals surface area contributed by atoms with E-state index in [2.05, 4.69) is 11.1 Å². The van der Waals surface area contributed by atoms with Gasteiger partial charge < -0.3 is 9.80 Å². The van der Waals surface area contributed by atoms with Crippen molar-refractivity contribution in [3.05, 3.63) is 70.9 Å². The molecule has 30 heavy (non-hydrogen) atoms. The number of halogens is 2. The summed E-state index contributed by atoms with van der Waals surface area (Å²) in [5.74, 6) is -0.912. The molecule has 3 aromatic rings. The molecular formula is C23H20F2N4O. The monoisotopic (exact) mass is 406 g/mol. The Balaban J connectivity index is 1.65. The molecule has 1 aromatic heterocycles. The number of carbonyl (C=O) groups is 1. The molecule has 0 atom stereocenters. The van der Waals surface area contributed by atoms with Gasteiger partial charge in [0.15, 0.2) is 0 Å². The summed E-state index contributed by atoms with van der Waals surface area (Å²) in [5.41, 5.74) is 2.84. The van der Waals surface area contributed by atoms with Gasteiger partial charge in [-0.2, -0.15) is 5.26 Å². The minimum absolute atomic E-state index is 0.154. The molecule has 0 radical (unpaired) electrons. The average molecular weight is 406 g/mol. The molecule has 1 aliphatic heterocycles. The second kappa shape index (κ2) is 8.07. The van der Waals surface area contributed by atoms with Gasteiger partial charge in [-0.05, 0) is 55.3 Å². The predicted octanol–water partition coefficient (Wildman–Crippen LogP) is 4.05. The third kappa shape index (κ3) is 3.69. The fourth-order valence-electron chi connectivity index (χ4n) is 3.96. The summed E-state index contributed by atoms with van der Waals surface area (Å²) in [6, 6.07) is 10.5. The number of rotatable bonds is 2. The van der Waals surface area contributed by atoms with E-state index in [0.29, 0.717) is 65.9 Å². The molecule has 1 aliphatic rings. The highest BCUT2D eigenvalue weighted by Crippen LogP contribution is 2.32. The molecule has 4 rings (SSSR count). The Kier molecular flexibility index (Phi) is 5.32. The maximum Gasteiger partial charge on any atom is 0.253 e. The van der Waals surface area contributed by atoms with Crippen LogP contribution in [0.5, 0.6) is 0 Å². The topological polar surface area (TPSA) is 60.2 Å². The van der Waals surface area contributed by atoms with E-state index < -0.39 is 0 Å². The van der Waals surface area contributed by atoms with Crippen LogP contribution in [0.4, 0.5) is 14.5 Å². The average Bonchev–Trinajstić information content (AvgIpc) is 2.99. The zero-order valence-corrected chi connectivity index (χ0v) is 16.5. The number of aryl methyl sites for hydroxylation is 1. The number of amides is 1. The van der Waals surface area contributed by atoms with Crippen LogP contribution in [-0.4, -0.2) is 42.0 Å². The molecule has 152 valence electrons. The van der Waals surface area contributed by atoms with Crippen LogP contribution < -0.4 is 4.90 Å². The van der Waals surface area contributed by atoms with Crippen molar-refractivity contribution < 1.29 is 13.6 Å². The fraction of sp³-hybridized carbons (Fsp3) is 0.261. The van der Waals surface area contributed by atoms with Gasteiger partial charge in [0.2, 0.25) is 0 Å². The zero-order chi connectivity index (χ0) is 21.3. The quantitative estimate of drug-likeness (QED) is 0.644. The van der Waals surface area contributed by atoms with Crippen LogP contribution >= 0.6 is 0 Å². The molecule has 0 aliphatic carbocycles. The van der Waals surface area contributed by atoms with E-state index in [9.17, 15) is 18.8 Å². The third-order valence-corrected chi connectivity index (χ3v) is 5.41. The first-order chi connectivity index (χ1) is 14.5. The Hall–Kier alpha value is -3.53. The molecule has 7 heteroatoms. The summed E-state index contributed by atoms with van der Waals surface area (Å²) >= 11 is 0. The van der Waals surface area contributed by atoms with Crippen LogP contribution in [0.2, 0.25) is 0 Å². The first-order valence-electron chi connectivity index (χ1n) is 9.76. The Morgan fingerprint density at radius 3 is 2.57 bits per heavy atom. The number of carbonyl (C=O) groups excluding carboxylic acids is 1. The van der Waals surface area contributed by atoms with Gasteiger partial charge in [0.25, 0.3) is 5.91 Å². The number of benzene rings is 2. The number of pyridine rings is 1. The Morgan fingerprint density at radius 1 is 1.07 bits per heavy atom. The van der Waals surface area contributed by atoms with Gasteiger partial charge in [-0.25, -0.2) is 8.78 Å². The van der Waals surface area contributed by atoms with E-state index in [1.165, 1.54) is 42.6 Å². The second-order valence-corrected chi connectivity index (χ2v) is 7.39. The first-order valence-corrected chi connectivity index (χ1v) is 9.76. The molecule has 2 aromatic carbocycles. The van der Waals surface area contributed by atoms with E-state index in [0.717, 1.165) is 0 Å². The molecular weight excluding hydrogens is 386 g/mol. The van der Waals surface area contributed by atoms with Crippen molar-refractivity contribution in [1.29, 1.82) is 5.26 Å². The number of anilines is 1. The number of nitrogens with zero attached hydrogens (tertiary/aromatic N) is 4. The van der Waals surface area contributed by atoms with E-state index in [4.69, 9.17) is 0 Å². The maximum absolute atomic E-state index is 14.1. The van der Waals surface area contributed by atoms with Crippen LogP contribution in [0.25, 0.3) is 10.9 Å². The lowest BCUT2D eigenvalue weighted by Gasteiger charge is -2.26. The summed E-state index contributed by atoms with van der Waals surface area (Å²) < 4.78 is 27.3. The van der Waals surface area contributed by atoms with Crippen LogP contribution in [0.3, 0.4) is 0 Å². The van der Waals surface area contributed by atoms with Crippen molar-refractivity contribution in [3.63, 3.8) is 0 Å². The number of hydrogen-bond donors (Lipinski definition) is 0. The lowest BCUT2D eigenvalue weighted by Crippen LogP contribution is -2.35. The zero-order valence-electron chi connectivity index (χ0n) is 16.5. The molecule has 0 bridgehead atoms. The van der Waals surface area contributed by atoms with E-state index in [1.54, 1.807) is 11.8 Å². The molecule has 0 N–H and O–H groups in total. The maximum atomic E-state index is 14.1. The molecule has 0 saturated carbocycles. The summed E-state index contributed by atoms with van der Waals surface area (Å²) in [4.78, 5) is 20.9. The Morgan fingerprint density at radius 2 is 1.83 bits per heavy atom. The van der Waals surface area contributed by atoms with Crippen molar-refractivity contribution in [3.8, 4) is 6.07 Å². The Labute approximate surface area is 173 Å². The largest absolute Gasteiger partial charge is 0.368 e. The summed E-state index contributed by atoms with van der Waals surface area (Å²) in [6.45, 7) is 3.90. The van der Waals surface area contributed by atoms with E-state index in [1.807, 2.05) is 4.90 Å². The SMILES string of the molecule is Cc1cc(F)cc2c(N3CCCN(C(=O)c4ccc(F)cc4)CC3)c(C#N)cnc12. The standard InChI is InChI=1S/C23H20F2N4O/c1-15-11-19(25)12-20-21(15)27-14-17(13-26)22(20)28-7-2-8-29(10-9-28)23(30)16-3-5-18(24)6-4-16/h3-6,11-12,14H,2,7-10H2,1H3. The van der Waals surface area contributed by atoms with Gasteiger partial charge in [0, 0.05) is 43.3 Å². The van der Waals surface area contributed by atoms with Crippen LogP contribution in [-0.2, 0) is 0 Å². The summed E-state index contributed by atoms with van der Waals surface area (Å²) in [7, 11) is 0. The van der Waals surface area contributed by atoms with Gasteiger partial charge in [-0.15, -0.1) is 0 Å². The predicted molar refractivity (Wildman–Crippen MR) is 110 cm³/mol. The highest BCUT2D eigenvalue weighted by Gasteiger charge is 2.24. The van der Waals surface area contributed by atoms with Crippen molar-refractivity contribution in [2.24, 2.45) is 0 Å². The van der Waals surface area contributed by atoms with E-state index >= 15 is 0 Å². The molecule has 1 saturated heterocycles. The van der Waals surface area contributed by atoms with Crippen molar-refractivity contribution >= 4 is 22.5 Å². The molecule has 0 spiro atoms. The lowest BCUT2D eigenvalue weighted by molar-refractivity contribution is 0.0767. The molecule has 1 amide bonds. The van der Waals surface area contributed by atoms with Crippen LogP contribution in [0.15, 0.2) is 42.6 Å². The van der Waals surface area contributed by atoms with Gasteiger partial charge >= 0.3 is 0 Å². The van der Waals surface area contributed by atoms with Crippen LogP contribution in [0, 0.1) is 29.9 Å². The highest BCUT2D eigenvalue weighted by atomic mass is 19.1. The first kappa shape index (κ1) is 19.8. The normalized spacial score (nSPS) is 14.5. The minimum atomic E-state index is -0.385. The number of aromatic nitrogens is 1. The third-order valence-electron chi connectivity index (χ3n) is 5.41. The van der Waals surface area contributed by atoms with Gasteiger partial charge in [-0.1, -0.05) is 0 Å². The molecule has 1 fully saturated rings. The van der Waals surface area contributed by atoms with Crippen molar-refractivity contribution in [2.45, 2.75) is 13.3 Å². The molecule has 2 heterocycles. The summed E-state index contributed by atoms with van der Waals surface area (Å²) in [5, 5.41) is 10.2. The van der Waals surface area contributed by atoms with Crippen LogP contribution in [0.1, 0.15) is 27.9 Å². The summed E-state index contributed by atoms with van der Waals surface area (Å²) in [6.07, 6.45) is 2.21. The molecule has 0 unspecified atom stereocenters. The number of nitriles is 1.